The molecule has 0 aromatic heterocycles. The average Bonchev–Trinajstić information content (AvgIpc) is 2.69. The molecule has 0 aliphatic heterocycles. The van der Waals surface area contributed by atoms with Crippen LogP contribution >= 0.6 is 11.6 Å². The summed E-state index contributed by atoms with van der Waals surface area (Å²) >= 11 is 6.15. The largest absolute Gasteiger partial charge is 0.310 e. The van der Waals surface area contributed by atoms with Gasteiger partial charge < -0.3 is 5.32 Å². The Bertz CT molecular complexity index is 442. The molecule has 1 unspecified atom stereocenters. The van der Waals surface area contributed by atoms with E-state index in [0.717, 1.165) is 25.5 Å². The number of rotatable bonds is 4. The van der Waals surface area contributed by atoms with Crippen molar-refractivity contribution in [3.05, 3.63) is 34.4 Å². The van der Waals surface area contributed by atoms with E-state index in [1.807, 2.05) is 6.92 Å². The van der Waals surface area contributed by atoms with Crippen LogP contribution in [0.4, 0.5) is 8.78 Å². The molecule has 0 amide bonds. The van der Waals surface area contributed by atoms with Crippen molar-refractivity contribution in [3.8, 4) is 0 Å². The molecular formula is C16H22ClF2N. The number of hydrogen-bond donors (Lipinski definition) is 1. The number of halogens is 3. The second-order valence-corrected chi connectivity index (χ2v) is 5.98. The zero-order chi connectivity index (χ0) is 14.5. The number of benzene rings is 1. The number of hydrogen-bond acceptors (Lipinski definition) is 1. The zero-order valence-electron chi connectivity index (χ0n) is 11.9. The van der Waals surface area contributed by atoms with Gasteiger partial charge in [-0.05, 0) is 43.0 Å². The SMILES string of the molecule is CCNC(c1cc(F)c(F)cc1Cl)C1CCCCCC1. The van der Waals surface area contributed by atoms with Crippen molar-refractivity contribution in [1.82, 2.24) is 5.32 Å². The van der Waals surface area contributed by atoms with Gasteiger partial charge in [0, 0.05) is 11.1 Å². The summed E-state index contributed by atoms with van der Waals surface area (Å²) in [7, 11) is 0. The Morgan fingerprint density at radius 2 is 1.75 bits per heavy atom. The van der Waals surface area contributed by atoms with Gasteiger partial charge in [0.15, 0.2) is 11.6 Å². The Hall–Kier alpha value is -0.670. The van der Waals surface area contributed by atoms with Crippen LogP contribution < -0.4 is 5.32 Å². The molecule has 0 bridgehead atoms. The molecule has 4 heteroatoms. The Morgan fingerprint density at radius 3 is 2.35 bits per heavy atom. The van der Waals surface area contributed by atoms with Crippen molar-refractivity contribution in [2.45, 2.75) is 51.5 Å². The quantitative estimate of drug-likeness (QED) is 0.592. The summed E-state index contributed by atoms with van der Waals surface area (Å²) in [5, 5.41) is 3.73. The molecule has 1 nitrogen and oxygen atoms in total. The van der Waals surface area contributed by atoms with Crippen LogP contribution in [0.1, 0.15) is 57.1 Å². The molecule has 2 rings (SSSR count). The molecule has 0 radical (unpaired) electrons. The maximum absolute atomic E-state index is 13.5. The van der Waals surface area contributed by atoms with Gasteiger partial charge in [-0.15, -0.1) is 0 Å². The van der Waals surface area contributed by atoms with Crippen LogP contribution in [0.5, 0.6) is 0 Å². The summed E-state index contributed by atoms with van der Waals surface area (Å²) in [6.45, 7) is 2.81. The lowest BCUT2D eigenvalue weighted by molar-refractivity contribution is 0.328. The van der Waals surface area contributed by atoms with Gasteiger partial charge in [0.1, 0.15) is 0 Å². The number of nitrogens with one attached hydrogen (secondary N) is 1. The van der Waals surface area contributed by atoms with Crippen LogP contribution in [0.2, 0.25) is 5.02 Å². The molecule has 1 fully saturated rings. The first-order valence-corrected chi connectivity index (χ1v) is 7.89. The first-order chi connectivity index (χ1) is 9.63. The maximum atomic E-state index is 13.5. The van der Waals surface area contributed by atoms with E-state index in [0.29, 0.717) is 16.5 Å². The molecule has 1 aliphatic rings. The van der Waals surface area contributed by atoms with Crippen molar-refractivity contribution in [1.29, 1.82) is 0 Å². The monoisotopic (exact) mass is 301 g/mol. The van der Waals surface area contributed by atoms with E-state index in [2.05, 4.69) is 5.32 Å². The van der Waals surface area contributed by atoms with Gasteiger partial charge in [0.25, 0.3) is 0 Å². The molecule has 1 atom stereocenters. The third kappa shape index (κ3) is 3.70. The van der Waals surface area contributed by atoms with Crippen LogP contribution in [-0.4, -0.2) is 6.54 Å². The van der Waals surface area contributed by atoms with E-state index >= 15 is 0 Å². The maximum Gasteiger partial charge on any atom is 0.160 e. The summed E-state index contributed by atoms with van der Waals surface area (Å²) in [4.78, 5) is 0. The molecule has 1 saturated carbocycles. The standard InChI is InChI=1S/C16H22ClF2N/c1-2-20-16(11-7-5-3-4-6-8-11)12-9-14(18)15(19)10-13(12)17/h9-11,16,20H,2-8H2,1H3. The predicted molar refractivity (Wildman–Crippen MR) is 79.0 cm³/mol. The molecule has 1 aromatic carbocycles. The lowest BCUT2D eigenvalue weighted by Gasteiger charge is -2.28. The van der Waals surface area contributed by atoms with Gasteiger partial charge in [0.2, 0.25) is 0 Å². The summed E-state index contributed by atoms with van der Waals surface area (Å²) in [6, 6.07) is 2.36. The van der Waals surface area contributed by atoms with E-state index in [-0.39, 0.29) is 6.04 Å². The highest BCUT2D eigenvalue weighted by Crippen LogP contribution is 2.37. The molecule has 1 aromatic rings. The Morgan fingerprint density at radius 1 is 1.15 bits per heavy atom. The first kappa shape index (κ1) is 15.7. The van der Waals surface area contributed by atoms with Gasteiger partial charge in [-0.1, -0.05) is 44.2 Å². The minimum absolute atomic E-state index is 0.0145. The third-order valence-electron chi connectivity index (χ3n) is 4.17. The van der Waals surface area contributed by atoms with E-state index in [1.165, 1.54) is 31.7 Å². The van der Waals surface area contributed by atoms with Gasteiger partial charge >= 0.3 is 0 Å². The van der Waals surface area contributed by atoms with E-state index < -0.39 is 11.6 Å². The van der Waals surface area contributed by atoms with Crippen molar-refractivity contribution < 1.29 is 8.78 Å². The van der Waals surface area contributed by atoms with Gasteiger partial charge in [0.05, 0.1) is 0 Å². The first-order valence-electron chi connectivity index (χ1n) is 7.51. The highest BCUT2D eigenvalue weighted by molar-refractivity contribution is 6.31. The fourth-order valence-electron chi connectivity index (χ4n) is 3.17. The zero-order valence-corrected chi connectivity index (χ0v) is 12.6. The van der Waals surface area contributed by atoms with Crippen LogP contribution in [0.3, 0.4) is 0 Å². The topological polar surface area (TPSA) is 12.0 Å². The van der Waals surface area contributed by atoms with Crippen molar-refractivity contribution >= 4 is 11.6 Å². The van der Waals surface area contributed by atoms with Gasteiger partial charge in [-0.2, -0.15) is 0 Å². The highest BCUT2D eigenvalue weighted by Gasteiger charge is 2.26. The summed E-state index contributed by atoms with van der Waals surface area (Å²) in [5.41, 5.74) is 0.694. The van der Waals surface area contributed by atoms with Crippen molar-refractivity contribution in [2.75, 3.05) is 6.54 Å². The fraction of sp³-hybridized carbons (Fsp3) is 0.625. The minimum Gasteiger partial charge on any atom is -0.310 e. The minimum atomic E-state index is -0.880. The molecule has 1 N–H and O–H groups in total. The Balaban J connectivity index is 2.29. The van der Waals surface area contributed by atoms with Crippen LogP contribution in [0.25, 0.3) is 0 Å². The van der Waals surface area contributed by atoms with Crippen molar-refractivity contribution in [3.63, 3.8) is 0 Å². The summed E-state index contributed by atoms with van der Waals surface area (Å²) in [5.74, 6) is -1.25. The summed E-state index contributed by atoms with van der Waals surface area (Å²) < 4.78 is 26.8. The lowest BCUT2D eigenvalue weighted by atomic mass is 9.87. The average molecular weight is 302 g/mol. The molecule has 0 heterocycles. The van der Waals surface area contributed by atoms with E-state index in [9.17, 15) is 8.78 Å². The Labute approximate surface area is 124 Å². The molecule has 0 spiro atoms. The second-order valence-electron chi connectivity index (χ2n) is 5.57. The molecule has 1 aliphatic carbocycles. The lowest BCUT2D eigenvalue weighted by Crippen LogP contribution is -2.28. The second kappa shape index (κ2) is 7.37. The normalized spacial score (nSPS) is 18.8. The Kier molecular flexibility index (Phi) is 5.79. The molecular weight excluding hydrogens is 280 g/mol. The van der Waals surface area contributed by atoms with Crippen LogP contribution in [0.15, 0.2) is 12.1 Å². The summed E-state index contributed by atoms with van der Waals surface area (Å²) in [6.07, 6.45) is 7.17. The molecule has 0 saturated heterocycles. The van der Waals surface area contributed by atoms with Crippen LogP contribution in [0, 0.1) is 17.6 Å². The molecule has 112 valence electrons. The smallest absolute Gasteiger partial charge is 0.160 e. The predicted octanol–water partition coefficient (Wildman–Crippen LogP) is 5.24. The van der Waals surface area contributed by atoms with E-state index in [4.69, 9.17) is 11.6 Å². The third-order valence-corrected chi connectivity index (χ3v) is 4.50. The molecule has 20 heavy (non-hydrogen) atoms. The van der Waals surface area contributed by atoms with Crippen LogP contribution in [-0.2, 0) is 0 Å². The fourth-order valence-corrected chi connectivity index (χ4v) is 3.44. The van der Waals surface area contributed by atoms with Gasteiger partial charge in [-0.3, -0.25) is 0 Å². The van der Waals surface area contributed by atoms with E-state index in [1.54, 1.807) is 0 Å². The van der Waals surface area contributed by atoms with Crippen molar-refractivity contribution in [2.24, 2.45) is 5.92 Å². The highest BCUT2D eigenvalue weighted by atomic mass is 35.5. The van der Waals surface area contributed by atoms with Gasteiger partial charge in [-0.25, -0.2) is 8.78 Å².